The van der Waals surface area contributed by atoms with Crippen LogP contribution in [0, 0.1) is 2.88 Å². The smallest absolute Gasteiger partial charge is 0.341 e. The van der Waals surface area contributed by atoms with Gasteiger partial charge in [0, 0.05) is 10.3 Å². The fraction of sp³-hybridized carbons (Fsp3) is 0.286. The van der Waals surface area contributed by atoms with Crippen LogP contribution in [0.5, 0.6) is 0 Å². The highest BCUT2D eigenvalue weighted by atomic mass is 127. The third-order valence-corrected chi connectivity index (χ3v) is 5.67. The topological polar surface area (TPSA) is 55.4 Å². The zero-order chi connectivity index (χ0) is 15.4. The van der Waals surface area contributed by atoms with Gasteiger partial charge < -0.3 is 10.1 Å². The van der Waals surface area contributed by atoms with E-state index in [1.54, 1.807) is 18.4 Å². The third kappa shape index (κ3) is 4.04. The van der Waals surface area contributed by atoms with Crippen LogP contribution in [0.15, 0.2) is 17.5 Å². The summed E-state index contributed by atoms with van der Waals surface area (Å²) in [6.07, 6.45) is 0.809. The van der Waals surface area contributed by atoms with Gasteiger partial charge in [0.05, 0.1) is 20.6 Å². The van der Waals surface area contributed by atoms with Crippen molar-refractivity contribution in [2.24, 2.45) is 0 Å². The Labute approximate surface area is 144 Å². The Kier molecular flexibility index (Phi) is 5.77. The second-order valence-electron chi connectivity index (χ2n) is 4.12. The van der Waals surface area contributed by atoms with Crippen LogP contribution >= 0.6 is 45.3 Å². The molecule has 4 nitrogen and oxygen atoms in total. The van der Waals surface area contributed by atoms with E-state index in [1.165, 1.54) is 22.7 Å². The fourth-order valence-electron chi connectivity index (χ4n) is 1.67. The highest BCUT2D eigenvalue weighted by Gasteiger charge is 2.19. The Bertz CT molecular complexity index is 663. The lowest BCUT2D eigenvalue weighted by Crippen LogP contribution is -2.13. The van der Waals surface area contributed by atoms with E-state index in [-0.39, 0.29) is 5.91 Å². The molecule has 1 N–H and O–H groups in total. The SMILES string of the molecule is CCOC(=O)c1cc(CC)sc1NC(=O)c1csc(I)c1. The van der Waals surface area contributed by atoms with Crippen LogP contribution < -0.4 is 5.32 Å². The summed E-state index contributed by atoms with van der Waals surface area (Å²) in [6.45, 7) is 4.08. The van der Waals surface area contributed by atoms with Crippen molar-refractivity contribution in [1.29, 1.82) is 0 Å². The molecule has 0 unspecified atom stereocenters. The monoisotopic (exact) mass is 435 g/mol. The Morgan fingerprint density at radius 2 is 2.10 bits per heavy atom. The number of amides is 1. The summed E-state index contributed by atoms with van der Waals surface area (Å²) in [5.41, 5.74) is 1.03. The predicted molar refractivity (Wildman–Crippen MR) is 94.6 cm³/mol. The zero-order valence-corrected chi connectivity index (χ0v) is 15.4. The van der Waals surface area contributed by atoms with Gasteiger partial charge in [0.15, 0.2) is 0 Å². The first-order chi connectivity index (χ1) is 10.0. The predicted octanol–water partition coefficient (Wildman–Crippen LogP) is 4.41. The highest BCUT2D eigenvalue weighted by molar-refractivity contribution is 14.1. The molecule has 0 aliphatic rings. The lowest BCUT2D eigenvalue weighted by Gasteiger charge is -2.04. The normalized spacial score (nSPS) is 10.4. The molecule has 7 heteroatoms. The minimum absolute atomic E-state index is 0.204. The summed E-state index contributed by atoms with van der Waals surface area (Å²) < 4.78 is 6.08. The number of rotatable bonds is 5. The van der Waals surface area contributed by atoms with Crippen molar-refractivity contribution < 1.29 is 14.3 Å². The van der Waals surface area contributed by atoms with E-state index in [9.17, 15) is 9.59 Å². The van der Waals surface area contributed by atoms with Crippen LogP contribution in [0.25, 0.3) is 0 Å². The van der Waals surface area contributed by atoms with Crippen molar-refractivity contribution in [3.05, 3.63) is 36.4 Å². The van der Waals surface area contributed by atoms with Gasteiger partial charge in [-0.2, -0.15) is 0 Å². The first-order valence-corrected chi connectivity index (χ1v) is 9.17. The molecule has 2 heterocycles. The van der Waals surface area contributed by atoms with Crippen molar-refractivity contribution in [2.75, 3.05) is 11.9 Å². The van der Waals surface area contributed by atoms with Crippen molar-refractivity contribution in [3.63, 3.8) is 0 Å². The molecule has 0 spiro atoms. The molecule has 2 rings (SSSR count). The van der Waals surface area contributed by atoms with Gasteiger partial charge in [0.1, 0.15) is 5.00 Å². The van der Waals surface area contributed by atoms with Gasteiger partial charge in [-0.1, -0.05) is 6.92 Å². The van der Waals surface area contributed by atoms with Gasteiger partial charge in [-0.05, 0) is 48.1 Å². The molecule has 0 fully saturated rings. The number of hydrogen-bond donors (Lipinski definition) is 1. The van der Waals surface area contributed by atoms with E-state index in [0.29, 0.717) is 22.7 Å². The summed E-state index contributed by atoms with van der Waals surface area (Å²) in [5.74, 6) is -0.604. The molecule has 0 aromatic carbocycles. The molecule has 0 radical (unpaired) electrons. The number of halogens is 1. The van der Waals surface area contributed by atoms with Gasteiger partial charge in [-0.15, -0.1) is 22.7 Å². The molecule has 0 aliphatic heterocycles. The quantitative estimate of drug-likeness (QED) is 0.560. The van der Waals surface area contributed by atoms with Crippen LogP contribution in [0.2, 0.25) is 0 Å². The first kappa shape index (κ1) is 16.4. The molecule has 2 aromatic rings. The largest absolute Gasteiger partial charge is 0.462 e. The molecule has 0 atom stereocenters. The van der Waals surface area contributed by atoms with Gasteiger partial charge >= 0.3 is 5.97 Å². The minimum atomic E-state index is -0.399. The first-order valence-electron chi connectivity index (χ1n) is 6.40. The van der Waals surface area contributed by atoms with Crippen molar-refractivity contribution in [3.8, 4) is 0 Å². The molecule has 0 bridgehead atoms. The number of carbonyl (C=O) groups excluding carboxylic acids is 2. The number of thiophene rings is 2. The maximum absolute atomic E-state index is 12.2. The van der Waals surface area contributed by atoms with Gasteiger partial charge in [-0.3, -0.25) is 4.79 Å². The molecule has 0 aliphatic carbocycles. The lowest BCUT2D eigenvalue weighted by molar-refractivity contribution is 0.0528. The van der Waals surface area contributed by atoms with Crippen molar-refractivity contribution in [2.45, 2.75) is 20.3 Å². The minimum Gasteiger partial charge on any atom is -0.462 e. The molecule has 112 valence electrons. The fourth-order valence-corrected chi connectivity index (χ4v) is 3.98. The van der Waals surface area contributed by atoms with Crippen molar-refractivity contribution in [1.82, 2.24) is 0 Å². The van der Waals surface area contributed by atoms with Gasteiger partial charge in [0.25, 0.3) is 5.91 Å². The molecular weight excluding hydrogens is 421 g/mol. The van der Waals surface area contributed by atoms with Crippen LogP contribution in [0.1, 0.15) is 39.4 Å². The second-order valence-corrected chi connectivity index (χ2v) is 8.07. The van der Waals surface area contributed by atoms with Crippen LogP contribution in [-0.2, 0) is 11.2 Å². The standard InChI is InChI=1S/C14H14INO3S2/c1-3-9-6-10(14(18)19-4-2)13(21-9)16-12(17)8-5-11(15)20-7-8/h5-7H,3-4H2,1-2H3,(H,16,17). The zero-order valence-electron chi connectivity index (χ0n) is 11.6. The van der Waals surface area contributed by atoms with E-state index in [0.717, 1.165) is 14.2 Å². The lowest BCUT2D eigenvalue weighted by atomic mass is 10.2. The van der Waals surface area contributed by atoms with Crippen LogP contribution in [-0.4, -0.2) is 18.5 Å². The second kappa shape index (κ2) is 7.37. The number of nitrogens with one attached hydrogen (secondary N) is 1. The molecule has 0 saturated heterocycles. The van der Waals surface area contributed by atoms with Crippen molar-refractivity contribution >= 4 is 62.1 Å². The molecule has 2 aromatic heterocycles. The number of anilines is 1. The number of ether oxygens (including phenoxy) is 1. The van der Waals surface area contributed by atoms with Crippen LogP contribution in [0.3, 0.4) is 0 Å². The van der Waals surface area contributed by atoms with E-state index in [1.807, 2.05) is 13.0 Å². The maximum Gasteiger partial charge on any atom is 0.341 e. The Hall–Kier alpha value is -0.930. The number of aryl methyl sites for hydroxylation is 1. The summed E-state index contributed by atoms with van der Waals surface area (Å²) in [7, 11) is 0. The number of hydrogen-bond acceptors (Lipinski definition) is 5. The van der Waals surface area contributed by atoms with Crippen LogP contribution in [0.4, 0.5) is 5.00 Å². The van der Waals surface area contributed by atoms with E-state index in [2.05, 4.69) is 27.9 Å². The van der Waals surface area contributed by atoms with Gasteiger partial charge in [0.2, 0.25) is 0 Å². The average Bonchev–Trinajstić information content (AvgIpc) is 3.05. The Morgan fingerprint density at radius 1 is 1.33 bits per heavy atom. The molecule has 0 saturated carbocycles. The molecule has 1 amide bonds. The van der Waals surface area contributed by atoms with E-state index in [4.69, 9.17) is 4.74 Å². The summed E-state index contributed by atoms with van der Waals surface area (Å²) >= 11 is 5.09. The third-order valence-electron chi connectivity index (χ3n) is 2.68. The number of esters is 1. The summed E-state index contributed by atoms with van der Waals surface area (Å²) in [4.78, 5) is 25.2. The average molecular weight is 435 g/mol. The van der Waals surface area contributed by atoms with E-state index < -0.39 is 5.97 Å². The Morgan fingerprint density at radius 3 is 2.67 bits per heavy atom. The molecule has 21 heavy (non-hydrogen) atoms. The molecular formula is C14H14INO3S2. The van der Waals surface area contributed by atoms with Gasteiger partial charge in [-0.25, -0.2) is 4.79 Å². The number of carbonyl (C=O) groups is 2. The highest BCUT2D eigenvalue weighted by Crippen LogP contribution is 2.30. The van der Waals surface area contributed by atoms with E-state index >= 15 is 0 Å². The Balaban J connectivity index is 2.24. The maximum atomic E-state index is 12.2. The summed E-state index contributed by atoms with van der Waals surface area (Å²) in [6, 6.07) is 3.61. The summed E-state index contributed by atoms with van der Waals surface area (Å²) in [5, 5.41) is 5.17.